The second kappa shape index (κ2) is 7.43. The van der Waals surface area contributed by atoms with Crippen LogP contribution in [-0.2, 0) is 16.0 Å². The first-order valence-electron chi connectivity index (χ1n) is 8.21. The van der Waals surface area contributed by atoms with Crippen LogP contribution in [0.2, 0.25) is 0 Å². The van der Waals surface area contributed by atoms with E-state index in [-0.39, 0.29) is 11.8 Å². The largest absolute Gasteiger partial charge is 0.355 e. The van der Waals surface area contributed by atoms with Crippen LogP contribution >= 0.6 is 0 Å². The van der Waals surface area contributed by atoms with Crippen molar-refractivity contribution in [1.82, 2.24) is 5.32 Å². The van der Waals surface area contributed by atoms with Gasteiger partial charge in [0.05, 0.1) is 0 Å². The number of benzene rings is 1. The number of rotatable bonds is 6. The van der Waals surface area contributed by atoms with Gasteiger partial charge in [-0.15, -0.1) is 0 Å². The van der Waals surface area contributed by atoms with E-state index in [1.54, 1.807) is 4.90 Å². The van der Waals surface area contributed by atoms with E-state index in [1.807, 2.05) is 24.3 Å². The first kappa shape index (κ1) is 16.5. The molecule has 1 aliphatic heterocycles. The van der Waals surface area contributed by atoms with Gasteiger partial charge in [0.1, 0.15) is 5.92 Å². The van der Waals surface area contributed by atoms with E-state index in [0.717, 1.165) is 18.5 Å². The predicted molar refractivity (Wildman–Crippen MR) is 88.7 cm³/mol. The zero-order valence-corrected chi connectivity index (χ0v) is 13.8. The summed E-state index contributed by atoms with van der Waals surface area (Å²) in [5.41, 5.74) is 2.14. The van der Waals surface area contributed by atoms with Gasteiger partial charge in [-0.2, -0.15) is 0 Å². The van der Waals surface area contributed by atoms with Crippen LogP contribution in [-0.4, -0.2) is 24.9 Å². The summed E-state index contributed by atoms with van der Waals surface area (Å²) in [6.07, 6.45) is 2.52. The number of nitrogens with zero attached hydrogens (tertiary/aromatic N) is 1. The number of carbonyl (C=O) groups is 2. The minimum atomic E-state index is -0.530. The Bertz CT molecular complexity index is 522. The summed E-state index contributed by atoms with van der Waals surface area (Å²) in [6.45, 7) is 7.61. The van der Waals surface area contributed by atoms with Gasteiger partial charge in [-0.3, -0.25) is 9.59 Å². The molecule has 1 unspecified atom stereocenters. The molecule has 1 aliphatic rings. The summed E-state index contributed by atoms with van der Waals surface area (Å²) in [6, 6.07) is 8.02. The van der Waals surface area contributed by atoms with Crippen LogP contribution in [0.15, 0.2) is 24.3 Å². The van der Waals surface area contributed by atoms with Crippen molar-refractivity contribution < 1.29 is 9.59 Å². The number of aryl methyl sites for hydroxylation is 1. The molecule has 0 spiro atoms. The maximum atomic E-state index is 12.5. The lowest BCUT2D eigenvalue weighted by Gasteiger charge is -2.17. The maximum Gasteiger partial charge on any atom is 0.239 e. The van der Waals surface area contributed by atoms with Gasteiger partial charge in [-0.25, -0.2) is 0 Å². The summed E-state index contributed by atoms with van der Waals surface area (Å²) >= 11 is 0. The van der Waals surface area contributed by atoms with Gasteiger partial charge >= 0.3 is 0 Å². The Morgan fingerprint density at radius 2 is 2.00 bits per heavy atom. The van der Waals surface area contributed by atoms with Crippen LogP contribution < -0.4 is 10.2 Å². The second-order valence-corrected chi connectivity index (χ2v) is 6.32. The molecule has 1 atom stereocenters. The highest BCUT2D eigenvalue weighted by Crippen LogP contribution is 2.25. The third-order valence-corrected chi connectivity index (χ3v) is 4.20. The van der Waals surface area contributed by atoms with Crippen LogP contribution in [0.1, 0.15) is 39.2 Å². The molecular formula is C18H26N2O2. The molecule has 1 N–H and O–H groups in total. The minimum absolute atomic E-state index is 0.0775. The standard InChI is InChI=1S/C18H26N2O2/c1-4-14-5-7-15(8-6-14)20-12-10-16(18(20)22)17(21)19-11-9-13(2)3/h5-8,13,16H,4,9-12H2,1-3H3,(H,19,21). The van der Waals surface area contributed by atoms with Crippen molar-refractivity contribution >= 4 is 17.5 Å². The lowest BCUT2D eigenvalue weighted by atomic mass is 10.1. The average molecular weight is 302 g/mol. The SMILES string of the molecule is CCc1ccc(N2CCC(C(=O)NCCC(C)C)C2=O)cc1. The van der Waals surface area contributed by atoms with Gasteiger partial charge in [0, 0.05) is 18.8 Å². The van der Waals surface area contributed by atoms with E-state index >= 15 is 0 Å². The molecule has 1 fully saturated rings. The Morgan fingerprint density at radius 1 is 1.32 bits per heavy atom. The Morgan fingerprint density at radius 3 is 2.59 bits per heavy atom. The average Bonchev–Trinajstić information content (AvgIpc) is 2.88. The summed E-state index contributed by atoms with van der Waals surface area (Å²) in [4.78, 5) is 26.3. The molecule has 2 amide bonds. The highest BCUT2D eigenvalue weighted by Gasteiger charge is 2.37. The summed E-state index contributed by atoms with van der Waals surface area (Å²) < 4.78 is 0. The smallest absolute Gasteiger partial charge is 0.239 e. The monoisotopic (exact) mass is 302 g/mol. The van der Waals surface area contributed by atoms with Crippen molar-refractivity contribution in [3.63, 3.8) is 0 Å². The van der Waals surface area contributed by atoms with Gasteiger partial charge < -0.3 is 10.2 Å². The molecular weight excluding hydrogens is 276 g/mol. The van der Waals surface area contributed by atoms with E-state index in [4.69, 9.17) is 0 Å². The second-order valence-electron chi connectivity index (χ2n) is 6.32. The zero-order chi connectivity index (χ0) is 16.1. The van der Waals surface area contributed by atoms with E-state index < -0.39 is 5.92 Å². The molecule has 1 heterocycles. The number of amides is 2. The summed E-state index contributed by atoms with van der Waals surface area (Å²) in [7, 11) is 0. The van der Waals surface area contributed by atoms with E-state index in [1.165, 1.54) is 5.56 Å². The molecule has 0 aliphatic carbocycles. The fraction of sp³-hybridized carbons (Fsp3) is 0.556. The van der Waals surface area contributed by atoms with E-state index in [2.05, 4.69) is 26.1 Å². The predicted octanol–water partition coefficient (Wildman–Crippen LogP) is 2.76. The number of carbonyl (C=O) groups excluding carboxylic acids is 2. The van der Waals surface area contributed by atoms with Crippen LogP contribution in [0.3, 0.4) is 0 Å². The van der Waals surface area contributed by atoms with Crippen molar-refractivity contribution in [3.05, 3.63) is 29.8 Å². The number of anilines is 1. The highest BCUT2D eigenvalue weighted by atomic mass is 16.2. The molecule has 0 aromatic heterocycles. The molecule has 1 aromatic rings. The number of hydrogen-bond acceptors (Lipinski definition) is 2. The quantitative estimate of drug-likeness (QED) is 0.822. The normalized spacial score (nSPS) is 18.1. The first-order chi connectivity index (χ1) is 10.5. The fourth-order valence-electron chi connectivity index (χ4n) is 2.70. The molecule has 4 heteroatoms. The molecule has 0 radical (unpaired) electrons. The van der Waals surface area contributed by atoms with Crippen LogP contribution in [0.25, 0.3) is 0 Å². The van der Waals surface area contributed by atoms with Gasteiger partial charge in [0.2, 0.25) is 11.8 Å². The summed E-state index contributed by atoms with van der Waals surface area (Å²) in [5, 5.41) is 2.89. The van der Waals surface area contributed by atoms with E-state index in [9.17, 15) is 9.59 Å². The molecule has 1 aromatic carbocycles. The fourth-order valence-corrected chi connectivity index (χ4v) is 2.70. The topological polar surface area (TPSA) is 49.4 Å². The molecule has 4 nitrogen and oxygen atoms in total. The first-order valence-corrected chi connectivity index (χ1v) is 8.21. The van der Waals surface area contributed by atoms with Crippen molar-refractivity contribution in [2.75, 3.05) is 18.0 Å². The Kier molecular flexibility index (Phi) is 5.58. The third-order valence-electron chi connectivity index (χ3n) is 4.20. The van der Waals surface area contributed by atoms with Crippen LogP contribution in [0.5, 0.6) is 0 Å². The molecule has 120 valence electrons. The van der Waals surface area contributed by atoms with Crippen molar-refractivity contribution in [2.45, 2.75) is 40.0 Å². The Balaban J connectivity index is 1.95. The molecule has 0 bridgehead atoms. The van der Waals surface area contributed by atoms with E-state index in [0.29, 0.717) is 25.4 Å². The maximum absolute atomic E-state index is 12.5. The molecule has 0 saturated carbocycles. The number of nitrogens with one attached hydrogen (secondary N) is 1. The minimum Gasteiger partial charge on any atom is -0.355 e. The van der Waals surface area contributed by atoms with Gasteiger partial charge in [-0.05, 0) is 42.9 Å². The van der Waals surface area contributed by atoms with Crippen molar-refractivity contribution in [2.24, 2.45) is 11.8 Å². The van der Waals surface area contributed by atoms with Gasteiger partial charge in [0.15, 0.2) is 0 Å². The number of hydrogen-bond donors (Lipinski definition) is 1. The van der Waals surface area contributed by atoms with Gasteiger partial charge in [0.25, 0.3) is 0 Å². The van der Waals surface area contributed by atoms with Crippen LogP contribution in [0.4, 0.5) is 5.69 Å². The lowest BCUT2D eigenvalue weighted by molar-refractivity contribution is -0.132. The molecule has 22 heavy (non-hydrogen) atoms. The van der Waals surface area contributed by atoms with Gasteiger partial charge in [-0.1, -0.05) is 32.9 Å². The zero-order valence-electron chi connectivity index (χ0n) is 13.8. The summed E-state index contributed by atoms with van der Waals surface area (Å²) in [5.74, 6) is -0.184. The van der Waals surface area contributed by atoms with Crippen LogP contribution in [0, 0.1) is 11.8 Å². The third kappa shape index (κ3) is 3.87. The van der Waals surface area contributed by atoms with Crippen molar-refractivity contribution in [1.29, 1.82) is 0 Å². The Labute approximate surface area is 132 Å². The Hall–Kier alpha value is -1.84. The molecule has 2 rings (SSSR count). The molecule has 1 saturated heterocycles. The lowest BCUT2D eigenvalue weighted by Crippen LogP contribution is -2.37. The van der Waals surface area contributed by atoms with Crippen molar-refractivity contribution in [3.8, 4) is 0 Å². The highest BCUT2D eigenvalue weighted by molar-refractivity contribution is 6.09.